The summed E-state index contributed by atoms with van der Waals surface area (Å²) in [6.45, 7) is 6.12. The predicted octanol–water partition coefficient (Wildman–Crippen LogP) is 1.85. The van der Waals surface area contributed by atoms with Gasteiger partial charge in [0.25, 0.3) is 0 Å². The molecular formula is C14H22ClNO3. The number of rotatable bonds is 4. The van der Waals surface area contributed by atoms with Gasteiger partial charge in [0, 0.05) is 19.0 Å². The average molecular weight is 288 g/mol. The number of Topliss-reactive ketones (excluding diaryl/α,β-unsaturated/α-hetero) is 1. The van der Waals surface area contributed by atoms with Crippen LogP contribution in [-0.2, 0) is 14.3 Å². The van der Waals surface area contributed by atoms with Gasteiger partial charge in [-0.15, -0.1) is 11.6 Å². The molecule has 1 saturated heterocycles. The van der Waals surface area contributed by atoms with Crippen LogP contribution in [0.3, 0.4) is 0 Å². The summed E-state index contributed by atoms with van der Waals surface area (Å²) in [5.41, 5.74) is -1.53. The Hall–Kier alpha value is -0.610. The number of alkyl halides is 1. The first-order valence-electron chi connectivity index (χ1n) is 7.05. The second-order valence-electron chi connectivity index (χ2n) is 5.70. The lowest BCUT2D eigenvalue weighted by Crippen LogP contribution is -2.65. The van der Waals surface area contributed by atoms with Crippen LogP contribution >= 0.6 is 11.6 Å². The van der Waals surface area contributed by atoms with Crippen molar-refractivity contribution in [3.05, 3.63) is 0 Å². The molecule has 19 heavy (non-hydrogen) atoms. The van der Waals surface area contributed by atoms with Crippen molar-refractivity contribution in [2.24, 2.45) is 10.8 Å². The fourth-order valence-electron chi connectivity index (χ4n) is 3.55. The van der Waals surface area contributed by atoms with E-state index in [2.05, 4.69) is 4.90 Å². The fourth-order valence-corrected chi connectivity index (χ4v) is 3.89. The minimum absolute atomic E-state index is 0.0180. The molecule has 0 N–H and O–H groups in total. The summed E-state index contributed by atoms with van der Waals surface area (Å²) in [5, 5.41) is 0. The third kappa shape index (κ3) is 2.19. The Morgan fingerprint density at radius 3 is 2.68 bits per heavy atom. The van der Waals surface area contributed by atoms with E-state index in [0.29, 0.717) is 32.0 Å². The van der Waals surface area contributed by atoms with Gasteiger partial charge in [0.2, 0.25) is 0 Å². The van der Waals surface area contributed by atoms with Crippen LogP contribution < -0.4 is 0 Å². The lowest BCUT2D eigenvalue weighted by atomic mass is 9.58. The number of ketones is 1. The number of carbonyl (C=O) groups excluding carboxylic acids is 2. The molecular weight excluding hydrogens is 266 g/mol. The van der Waals surface area contributed by atoms with Gasteiger partial charge < -0.3 is 9.64 Å². The van der Waals surface area contributed by atoms with Crippen molar-refractivity contribution >= 4 is 23.4 Å². The fraction of sp³-hybridized carbons (Fsp3) is 0.857. The van der Waals surface area contributed by atoms with E-state index in [1.807, 2.05) is 6.92 Å². The normalized spacial score (nSPS) is 35.2. The zero-order valence-electron chi connectivity index (χ0n) is 11.7. The quantitative estimate of drug-likeness (QED) is 0.450. The molecule has 0 unspecified atom stereocenters. The number of fused-ring (bicyclic) bond motifs is 2. The molecule has 0 radical (unpaired) electrons. The predicted molar refractivity (Wildman–Crippen MR) is 73.2 cm³/mol. The molecule has 0 aromatic rings. The van der Waals surface area contributed by atoms with Crippen LogP contribution in [-0.4, -0.2) is 48.8 Å². The topological polar surface area (TPSA) is 46.6 Å². The number of esters is 1. The Kier molecular flexibility index (Phi) is 4.21. The number of nitrogens with zero attached hydrogens (tertiary/aromatic N) is 1. The summed E-state index contributed by atoms with van der Waals surface area (Å²) in [6.07, 6.45) is 2.25. The number of piperidine rings is 1. The van der Waals surface area contributed by atoms with Crippen LogP contribution in [0.5, 0.6) is 0 Å². The molecule has 0 amide bonds. The van der Waals surface area contributed by atoms with E-state index in [0.717, 1.165) is 19.4 Å². The molecule has 4 nitrogen and oxygen atoms in total. The zero-order chi connectivity index (χ0) is 14.1. The molecule has 0 spiro atoms. The van der Waals surface area contributed by atoms with Crippen LogP contribution in [0.2, 0.25) is 0 Å². The summed E-state index contributed by atoms with van der Waals surface area (Å²) in [6, 6.07) is 0. The SMILES string of the molecule is CCOC(=O)[C@]12CCC[C@](CCl)(CN(CC)C1)C2=O. The van der Waals surface area contributed by atoms with Gasteiger partial charge in [0.15, 0.2) is 5.78 Å². The highest BCUT2D eigenvalue weighted by atomic mass is 35.5. The molecule has 0 aromatic carbocycles. The average Bonchev–Trinajstić information content (AvgIpc) is 2.39. The highest BCUT2D eigenvalue weighted by Crippen LogP contribution is 2.49. The maximum atomic E-state index is 12.8. The maximum Gasteiger partial charge on any atom is 0.320 e. The van der Waals surface area contributed by atoms with E-state index in [1.54, 1.807) is 6.92 Å². The third-order valence-corrected chi connectivity index (χ3v) is 5.08. The number of halogens is 1. The molecule has 2 atom stereocenters. The molecule has 1 aliphatic carbocycles. The number of hydrogen-bond acceptors (Lipinski definition) is 4. The molecule has 2 fully saturated rings. The largest absolute Gasteiger partial charge is 0.465 e. The molecule has 0 aromatic heterocycles. The number of ether oxygens (including phenoxy) is 1. The van der Waals surface area contributed by atoms with Crippen molar-refractivity contribution in [2.75, 3.05) is 32.1 Å². The number of likely N-dealkylation sites (tertiary alicyclic amines) is 1. The lowest BCUT2D eigenvalue weighted by Gasteiger charge is -2.52. The zero-order valence-corrected chi connectivity index (χ0v) is 12.5. The van der Waals surface area contributed by atoms with Gasteiger partial charge in [-0.1, -0.05) is 13.3 Å². The smallest absolute Gasteiger partial charge is 0.320 e. The molecule has 5 heteroatoms. The molecule has 1 heterocycles. The van der Waals surface area contributed by atoms with E-state index < -0.39 is 10.8 Å². The Morgan fingerprint density at radius 2 is 2.11 bits per heavy atom. The first-order chi connectivity index (χ1) is 9.04. The van der Waals surface area contributed by atoms with Gasteiger partial charge >= 0.3 is 5.97 Å². The van der Waals surface area contributed by atoms with Crippen molar-refractivity contribution in [2.45, 2.75) is 33.1 Å². The van der Waals surface area contributed by atoms with Gasteiger partial charge in [-0.2, -0.15) is 0 Å². The van der Waals surface area contributed by atoms with Crippen molar-refractivity contribution in [1.82, 2.24) is 4.90 Å². The summed E-state index contributed by atoms with van der Waals surface area (Å²) in [5.74, 6) is -0.0412. The minimum Gasteiger partial charge on any atom is -0.465 e. The van der Waals surface area contributed by atoms with Crippen molar-refractivity contribution in [3.8, 4) is 0 Å². The van der Waals surface area contributed by atoms with E-state index in [9.17, 15) is 9.59 Å². The van der Waals surface area contributed by atoms with E-state index in [1.165, 1.54) is 0 Å². The summed E-state index contributed by atoms with van der Waals surface area (Å²) >= 11 is 6.10. The maximum absolute atomic E-state index is 12.8. The van der Waals surface area contributed by atoms with Gasteiger partial charge in [-0.25, -0.2) is 0 Å². The molecule has 2 rings (SSSR count). The lowest BCUT2D eigenvalue weighted by molar-refractivity contribution is -0.175. The Morgan fingerprint density at radius 1 is 1.37 bits per heavy atom. The summed E-state index contributed by atoms with van der Waals surface area (Å²) < 4.78 is 5.18. The van der Waals surface area contributed by atoms with Crippen LogP contribution in [0.25, 0.3) is 0 Å². The van der Waals surface area contributed by atoms with Crippen LogP contribution in [0.1, 0.15) is 33.1 Å². The third-order valence-electron chi connectivity index (χ3n) is 4.56. The van der Waals surface area contributed by atoms with Crippen LogP contribution in [0, 0.1) is 10.8 Å². The minimum atomic E-state index is -0.975. The summed E-state index contributed by atoms with van der Waals surface area (Å²) in [7, 11) is 0. The Labute approximate surface area is 119 Å². The van der Waals surface area contributed by atoms with Gasteiger partial charge in [-0.3, -0.25) is 9.59 Å². The van der Waals surface area contributed by atoms with Crippen molar-refractivity contribution < 1.29 is 14.3 Å². The van der Waals surface area contributed by atoms with Gasteiger partial charge in [-0.05, 0) is 26.3 Å². The monoisotopic (exact) mass is 287 g/mol. The van der Waals surface area contributed by atoms with E-state index >= 15 is 0 Å². The molecule has 1 saturated carbocycles. The second kappa shape index (κ2) is 5.41. The molecule has 1 aliphatic heterocycles. The molecule has 2 bridgehead atoms. The molecule has 2 aliphatic rings. The van der Waals surface area contributed by atoms with E-state index in [4.69, 9.17) is 16.3 Å². The summed E-state index contributed by atoms with van der Waals surface area (Å²) in [4.78, 5) is 27.4. The van der Waals surface area contributed by atoms with Crippen LogP contribution in [0.4, 0.5) is 0 Å². The number of hydrogen-bond donors (Lipinski definition) is 0. The van der Waals surface area contributed by atoms with Crippen molar-refractivity contribution in [3.63, 3.8) is 0 Å². The Bertz CT molecular complexity index is 387. The Balaban J connectivity index is 2.39. The highest BCUT2D eigenvalue weighted by Gasteiger charge is 2.61. The van der Waals surface area contributed by atoms with Gasteiger partial charge in [0.1, 0.15) is 5.41 Å². The number of carbonyl (C=O) groups is 2. The second-order valence-corrected chi connectivity index (χ2v) is 5.97. The van der Waals surface area contributed by atoms with Crippen molar-refractivity contribution in [1.29, 1.82) is 0 Å². The first-order valence-corrected chi connectivity index (χ1v) is 7.58. The first kappa shape index (κ1) is 14.8. The molecule has 108 valence electrons. The standard InChI is InChI=1S/C14H22ClNO3/c1-3-16-9-13(8-15)6-5-7-14(10-16,11(13)17)12(18)19-4-2/h3-10H2,1-2H3/t13-,14+/m0/s1. The van der Waals surface area contributed by atoms with E-state index in [-0.39, 0.29) is 11.8 Å². The van der Waals surface area contributed by atoms with Gasteiger partial charge in [0.05, 0.1) is 12.0 Å². The van der Waals surface area contributed by atoms with Crippen LogP contribution in [0.15, 0.2) is 0 Å². The highest BCUT2D eigenvalue weighted by molar-refractivity contribution is 6.21.